The summed E-state index contributed by atoms with van der Waals surface area (Å²) in [5, 5.41) is 14.5. The van der Waals surface area contributed by atoms with Crippen molar-refractivity contribution in [2.45, 2.75) is 0 Å². The van der Waals surface area contributed by atoms with Crippen molar-refractivity contribution in [2.24, 2.45) is 0 Å². The number of nitriles is 1. The molecular formula is C35H20N4O2. The van der Waals surface area contributed by atoms with Crippen molar-refractivity contribution in [1.82, 2.24) is 9.97 Å². The van der Waals surface area contributed by atoms with E-state index >= 15 is 0 Å². The van der Waals surface area contributed by atoms with Gasteiger partial charge in [-0.15, -0.1) is 0 Å². The van der Waals surface area contributed by atoms with Crippen molar-refractivity contribution in [1.29, 1.82) is 5.26 Å². The molecule has 2 heterocycles. The minimum Gasteiger partial charge on any atom is -0.443 e. The fraction of sp³-hybridized carbons (Fsp3) is 0. The molecule has 0 amide bonds. The number of oxazole rings is 2. The van der Waals surface area contributed by atoms with Crippen LogP contribution in [0.2, 0.25) is 0 Å². The Kier molecular flexibility index (Phi) is 5.09. The van der Waals surface area contributed by atoms with E-state index in [1.807, 2.05) is 54.6 Å². The van der Waals surface area contributed by atoms with E-state index < -0.39 is 0 Å². The van der Waals surface area contributed by atoms with Gasteiger partial charge in [0.2, 0.25) is 0 Å². The molecule has 0 saturated heterocycles. The molecule has 0 saturated carbocycles. The quantitative estimate of drug-likeness (QED) is 0.226. The molecule has 0 aliphatic rings. The lowest BCUT2D eigenvalue weighted by Gasteiger charge is -2.26. The van der Waals surface area contributed by atoms with Crippen LogP contribution in [0.25, 0.3) is 54.9 Å². The van der Waals surface area contributed by atoms with Crippen molar-refractivity contribution in [3.8, 4) is 17.2 Å². The van der Waals surface area contributed by atoms with E-state index in [9.17, 15) is 5.26 Å². The largest absolute Gasteiger partial charge is 0.443 e. The third-order valence-corrected chi connectivity index (χ3v) is 7.54. The Bertz CT molecular complexity index is 2230. The number of nitrogens with zero attached hydrogens (tertiary/aromatic N) is 4. The molecule has 6 aromatic carbocycles. The van der Waals surface area contributed by atoms with Crippen molar-refractivity contribution < 1.29 is 8.83 Å². The van der Waals surface area contributed by atoms with E-state index in [-0.39, 0.29) is 0 Å². The molecule has 0 aliphatic carbocycles. The van der Waals surface area contributed by atoms with Gasteiger partial charge in [0.15, 0.2) is 24.0 Å². The number of anilines is 3. The molecule has 0 atom stereocenters. The van der Waals surface area contributed by atoms with E-state index in [0.717, 1.165) is 66.5 Å². The van der Waals surface area contributed by atoms with Gasteiger partial charge in [0, 0.05) is 22.6 Å². The maximum absolute atomic E-state index is 10.2. The second-order valence-corrected chi connectivity index (χ2v) is 9.95. The van der Waals surface area contributed by atoms with Gasteiger partial charge < -0.3 is 13.7 Å². The third-order valence-electron chi connectivity index (χ3n) is 7.54. The van der Waals surface area contributed by atoms with Crippen LogP contribution in [0.3, 0.4) is 0 Å². The predicted molar refractivity (Wildman–Crippen MR) is 161 cm³/mol. The summed E-state index contributed by atoms with van der Waals surface area (Å²) in [7, 11) is 0. The molecular weight excluding hydrogens is 508 g/mol. The normalized spacial score (nSPS) is 11.4. The highest BCUT2D eigenvalue weighted by Gasteiger charge is 2.17. The zero-order valence-corrected chi connectivity index (χ0v) is 21.7. The summed E-state index contributed by atoms with van der Waals surface area (Å²) in [6, 6.07) is 39.3. The highest BCUT2D eigenvalue weighted by Crippen LogP contribution is 2.39. The Morgan fingerprint density at radius 1 is 0.561 bits per heavy atom. The molecule has 6 nitrogen and oxygen atoms in total. The first kappa shape index (κ1) is 23.0. The van der Waals surface area contributed by atoms with Gasteiger partial charge in [0.25, 0.3) is 0 Å². The maximum Gasteiger partial charge on any atom is 0.181 e. The second-order valence-electron chi connectivity index (χ2n) is 9.95. The number of aromatic nitrogens is 2. The van der Waals surface area contributed by atoms with E-state index in [1.54, 1.807) is 0 Å². The first-order valence-electron chi connectivity index (χ1n) is 13.2. The summed E-state index contributed by atoms with van der Waals surface area (Å²) in [6.45, 7) is 0. The Balaban J connectivity index is 1.29. The summed E-state index contributed by atoms with van der Waals surface area (Å²) in [5.41, 5.74) is 8.32. The van der Waals surface area contributed by atoms with Crippen LogP contribution in [0.5, 0.6) is 0 Å². The van der Waals surface area contributed by atoms with Gasteiger partial charge >= 0.3 is 0 Å². The Morgan fingerprint density at radius 3 is 1.88 bits per heavy atom. The fourth-order valence-corrected chi connectivity index (χ4v) is 5.53. The summed E-state index contributed by atoms with van der Waals surface area (Å²) < 4.78 is 11.0. The van der Waals surface area contributed by atoms with Crippen LogP contribution in [-0.2, 0) is 0 Å². The molecule has 0 bridgehead atoms. The summed E-state index contributed by atoms with van der Waals surface area (Å²) in [6.07, 6.45) is 2.90. The smallest absolute Gasteiger partial charge is 0.181 e. The lowest BCUT2D eigenvalue weighted by molar-refractivity contribution is 0.602. The van der Waals surface area contributed by atoms with Gasteiger partial charge in [-0.05, 0) is 93.8 Å². The molecule has 0 N–H and O–H groups in total. The summed E-state index contributed by atoms with van der Waals surface area (Å²) in [5.74, 6) is 0. The lowest BCUT2D eigenvalue weighted by Crippen LogP contribution is -2.10. The van der Waals surface area contributed by atoms with Gasteiger partial charge in [0.05, 0.1) is 11.6 Å². The van der Waals surface area contributed by atoms with E-state index in [1.165, 1.54) is 18.2 Å². The molecule has 0 unspecified atom stereocenters. The maximum atomic E-state index is 10.2. The Morgan fingerprint density at radius 2 is 1.17 bits per heavy atom. The second kappa shape index (κ2) is 9.08. The van der Waals surface area contributed by atoms with Gasteiger partial charge in [-0.25, -0.2) is 9.97 Å². The zero-order chi connectivity index (χ0) is 27.3. The average Bonchev–Trinajstić information content (AvgIpc) is 3.69. The number of hydrogen-bond acceptors (Lipinski definition) is 6. The highest BCUT2D eigenvalue weighted by molar-refractivity contribution is 5.97. The van der Waals surface area contributed by atoms with Crippen LogP contribution in [0.4, 0.5) is 17.1 Å². The number of rotatable bonds is 4. The van der Waals surface area contributed by atoms with Gasteiger partial charge in [-0.2, -0.15) is 5.26 Å². The predicted octanol–water partition coefficient (Wildman–Crippen LogP) is 9.28. The molecule has 8 rings (SSSR count). The lowest BCUT2D eigenvalue weighted by atomic mass is 9.94. The zero-order valence-electron chi connectivity index (χ0n) is 21.7. The monoisotopic (exact) mass is 528 g/mol. The molecule has 0 fully saturated rings. The Hall–Kier alpha value is -5.93. The van der Waals surface area contributed by atoms with Gasteiger partial charge in [-0.1, -0.05) is 42.5 Å². The molecule has 2 aromatic heterocycles. The van der Waals surface area contributed by atoms with E-state index in [0.29, 0.717) is 5.56 Å². The van der Waals surface area contributed by atoms with Crippen molar-refractivity contribution in [3.05, 3.63) is 128 Å². The van der Waals surface area contributed by atoms with Crippen LogP contribution in [-0.4, -0.2) is 9.97 Å². The first-order valence-corrected chi connectivity index (χ1v) is 13.2. The number of fused-ring (bicyclic) bond motifs is 4. The molecule has 8 aromatic rings. The molecule has 0 aliphatic heterocycles. The Labute approximate surface area is 234 Å². The highest BCUT2D eigenvalue weighted by atomic mass is 16.3. The van der Waals surface area contributed by atoms with E-state index in [2.05, 4.69) is 75.5 Å². The molecule has 0 radical (unpaired) electrons. The summed E-state index contributed by atoms with van der Waals surface area (Å²) in [4.78, 5) is 10.9. The van der Waals surface area contributed by atoms with Crippen LogP contribution < -0.4 is 4.90 Å². The number of hydrogen-bond donors (Lipinski definition) is 0. The van der Waals surface area contributed by atoms with Crippen molar-refractivity contribution >= 4 is 60.8 Å². The molecule has 6 heteroatoms. The topological polar surface area (TPSA) is 79.1 Å². The minimum absolute atomic E-state index is 0.629. The molecule has 192 valence electrons. The standard InChI is InChI=1S/C35H20N4O2/c36-19-27-14-26-15-28(8-7-24(26)16-31(27)25-6-5-22-3-1-2-4-23(22)13-25)39(29-9-11-34-32(17-29)37-20-40-34)30-10-12-35-33(18-30)38-21-41-35/h1-18,20-21H. The minimum atomic E-state index is 0.629. The first-order chi connectivity index (χ1) is 20.2. The molecule has 41 heavy (non-hydrogen) atoms. The van der Waals surface area contributed by atoms with Crippen LogP contribution in [0, 0.1) is 11.3 Å². The van der Waals surface area contributed by atoms with Crippen LogP contribution in [0.1, 0.15) is 5.56 Å². The third kappa shape index (κ3) is 3.88. The van der Waals surface area contributed by atoms with Crippen LogP contribution >= 0.6 is 0 Å². The average molecular weight is 529 g/mol. The van der Waals surface area contributed by atoms with Gasteiger partial charge in [-0.3, -0.25) is 0 Å². The number of benzene rings is 6. The van der Waals surface area contributed by atoms with Crippen molar-refractivity contribution in [3.63, 3.8) is 0 Å². The van der Waals surface area contributed by atoms with E-state index in [4.69, 9.17) is 8.83 Å². The fourth-order valence-electron chi connectivity index (χ4n) is 5.53. The van der Waals surface area contributed by atoms with Gasteiger partial charge in [0.1, 0.15) is 11.0 Å². The van der Waals surface area contributed by atoms with Crippen LogP contribution in [0.15, 0.2) is 131 Å². The van der Waals surface area contributed by atoms with Crippen molar-refractivity contribution in [2.75, 3.05) is 4.90 Å². The SMILES string of the molecule is N#Cc1cc2cc(N(c3ccc4ocnc4c3)c3ccc4ocnc4c3)ccc2cc1-c1ccc2ccccc2c1. The summed E-state index contributed by atoms with van der Waals surface area (Å²) >= 11 is 0. The molecule has 0 spiro atoms.